The third-order valence-electron chi connectivity index (χ3n) is 4.10. The number of halogens is 3. The molecule has 7 nitrogen and oxygen atoms in total. The van der Waals surface area contributed by atoms with Crippen molar-refractivity contribution in [3.8, 4) is 5.75 Å². The number of nitrogens with two attached hydrogens (primary N) is 1. The molecule has 1 heterocycles. The average Bonchev–Trinajstić information content (AvgIpc) is 2.95. The Hall–Kier alpha value is -3.08. The fraction of sp³-hybridized carbons (Fsp3) is 0.222. The summed E-state index contributed by atoms with van der Waals surface area (Å²) in [5, 5.41) is -0.775. The van der Waals surface area contributed by atoms with E-state index < -0.39 is 33.2 Å². The van der Waals surface area contributed by atoms with Gasteiger partial charge < -0.3 is 10.5 Å². The first-order chi connectivity index (χ1) is 13.4. The summed E-state index contributed by atoms with van der Waals surface area (Å²) in [7, 11) is -3.83. The Bertz CT molecular complexity index is 1180. The van der Waals surface area contributed by atoms with E-state index in [-0.39, 0.29) is 28.1 Å². The van der Waals surface area contributed by atoms with Gasteiger partial charge in [0.2, 0.25) is 16.0 Å². The molecule has 0 aliphatic carbocycles. The van der Waals surface area contributed by atoms with E-state index in [1.165, 1.54) is 44.2 Å². The molecule has 0 aliphatic rings. The number of ketones is 1. The van der Waals surface area contributed by atoms with E-state index in [9.17, 15) is 26.4 Å². The quantitative estimate of drug-likeness (QED) is 0.627. The van der Waals surface area contributed by atoms with E-state index in [1.807, 2.05) is 0 Å². The molecule has 0 amide bonds. The molecule has 0 fully saturated rings. The van der Waals surface area contributed by atoms with E-state index in [0.29, 0.717) is 0 Å². The first kappa shape index (κ1) is 20.6. The van der Waals surface area contributed by atoms with Crippen molar-refractivity contribution in [3.63, 3.8) is 0 Å². The van der Waals surface area contributed by atoms with Gasteiger partial charge in [0.1, 0.15) is 5.75 Å². The van der Waals surface area contributed by atoms with Gasteiger partial charge in [-0.2, -0.15) is 0 Å². The highest BCUT2D eigenvalue weighted by Gasteiger charge is 2.31. The van der Waals surface area contributed by atoms with Gasteiger partial charge >= 0.3 is 6.36 Å². The predicted octanol–water partition coefficient (Wildman–Crippen LogP) is 3.33. The molecule has 29 heavy (non-hydrogen) atoms. The third-order valence-corrected chi connectivity index (χ3v) is 6.18. The van der Waals surface area contributed by atoms with Gasteiger partial charge in [-0.15, -0.1) is 13.2 Å². The summed E-state index contributed by atoms with van der Waals surface area (Å²) in [6, 6.07) is 8.63. The molecule has 2 aromatic carbocycles. The standard InChI is InChI=1S/C18H16F3N3O4S/c1-10(2)29(26,27)24-15-9-12(5-8-14(15)23-17(24)22)16(25)11-3-6-13(7-4-11)28-18(19,20)21/h3-10H,1-2H3,(H2,22,23). The normalized spacial score (nSPS) is 12.5. The lowest BCUT2D eigenvalue weighted by molar-refractivity contribution is -0.274. The summed E-state index contributed by atoms with van der Waals surface area (Å²) in [6.45, 7) is 2.97. The molecule has 2 N–H and O–H groups in total. The molecular weight excluding hydrogens is 411 g/mol. The summed E-state index contributed by atoms with van der Waals surface area (Å²) in [5.41, 5.74) is 6.42. The molecule has 3 aromatic rings. The largest absolute Gasteiger partial charge is 0.573 e. The molecule has 0 saturated heterocycles. The number of carbonyl (C=O) groups is 1. The number of benzene rings is 2. The maximum absolute atomic E-state index is 12.7. The van der Waals surface area contributed by atoms with E-state index in [1.54, 1.807) is 0 Å². The van der Waals surface area contributed by atoms with Crippen molar-refractivity contribution in [1.29, 1.82) is 0 Å². The lowest BCUT2D eigenvalue weighted by atomic mass is 10.0. The van der Waals surface area contributed by atoms with Crippen LogP contribution < -0.4 is 10.5 Å². The van der Waals surface area contributed by atoms with Crippen LogP contribution in [0.1, 0.15) is 29.8 Å². The van der Waals surface area contributed by atoms with Crippen LogP contribution >= 0.6 is 0 Å². The number of nitrogen functional groups attached to an aromatic ring is 1. The Morgan fingerprint density at radius 2 is 1.69 bits per heavy atom. The molecule has 0 radical (unpaired) electrons. The number of nitrogens with zero attached hydrogens (tertiary/aromatic N) is 2. The van der Waals surface area contributed by atoms with Crippen molar-refractivity contribution in [2.24, 2.45) is 0 Å². The van der Waals surface area contributed by atoms with Crippen LogP contribution in [0.25, 0.3) is 11.0 Å². The highest BCUT2D eigenvalue weighted by atomic mass is 32.2. The Labute approximate surface area is 164 Å². The zero-order chi connectivity index (χ0) is 21.6. The summed E-state index contributed by atoms with van der Waals surface area (Å²) in [6.07, 6.45) is -4.84. The minimum Gasteiger partial charge on any atom is -0.406 e. The summed E-state index contributed by atoms with van der Waals surface area (Å²) in [4.78, 5) is 16.7. The van der Waals surface area contributed by atoms with Gasteiger partial charge in [-0.05, 0) is 56.3 Å². The van der Waals surface area contributed by atoms with Crippen molar-refractivity contribution in [2.75, 3.05) is 5.73 Å². The molecule has 3 rings (SSSR count). The maximum Gasteiger partial charge on any atom is 0.573 e. The van der Waals surface area contributed by atoms with Gasteiger partial charge in [-0.3, -0.25) is 4.79 Å². The molecule has 154 valence electrons. The molecule has 0 aliphatic heterocycles. The number of alkyl halides is 3. The van der Waals surface area contributed by atoms with Crippen LogP contribution in [0.15, 0.2) is 42.5 Å². The highest BCUT2D eigenvalue weighted by molar-refractivity contribution is 7.90. The minimum atomic E-state index is -4.84. The number of hydrogen-bond acceptors (Lipinski definition) is 6. The van der Waals surface area contributed by atoms with E-state index >= 15 is 0 Å². The number of fused-ring (bicyclic) bond motifs is 1. The molecule has 1 aromatic heterocycles. The second-order valence-corrected chi connectivity index (χ2v) is 8.77. The molecule has 0 unspecified atom stereocenters. The van der Waals surface area contributed by atoms with Crippen LogP contribution in [0.4, 0.5) is 19.1 Å². The maximum atomic E-state index is 12.7. The second kappa shape index (κ2) is 7.07. The van der Waals surface area contributed by atoms with Gasteiger partial charge in [0.15, 0.2) is 5.78 Å². The Balaban J connectivity index is 2.01. The topological polar surface area (TPSA) is 104 Å². The van der Waals surface area contributed by atoms with Crippen molar-refractivity contribution >= 4 is 32.8 Å². The first-order valence-corrected chi connectivity index (χ1v) is 9.83. The number of carbonyl (C=O) groups excluding carboxylic acids is 1. The van der Waals surface area contributed by atoms with Crippen molar-refractivity contribution < 1.29 is 31.1 Å². The van der Waals surface area contributed by atoms with Crippen LogP contribution in [0, 0.1) is 0 Å². The molecule has 0 spiro atoms. The predicted molar refractivity (Wildman–Crippen MR) is 100 cm³/mol. The summed E-state index contributed by atoms with van der Waals surface area (Å²) in [5.74, 6) is -1.20. The minimum absolute atomic E-state index is 0.102. The number of anilines is 1. The monoisotopic (exact) mass is 427 g/mol. The SMILES string of the molecule is CC(C)S(=O)(=O)n1c(N)nc2ccc(C(=O)c3ccc(OC(F)(F)F)cc3)cc21. The zero-order valence-corrected chi connectivity index (χ0v) is 16.1. The average molecular weight is 427 g/mol. The molecular formula is C18H16F3N3O4S. The second-order valence-electron chi connectivity index (χ2n) is 6.43. The van der Waals surface area contributed by atoms with E-state index in [0.717, 1.165) is 16.1 Å². The number of ether oxygens (including phenoxy) is 1. The lowest BCUT2D eigenvalue weighted by Gasteiger charge is -2.11. The Morgan fingerprint density at radius 1 is 1.10 bits per heavy atom. The summed E-state index contributed by atoms with van der Waals surface area (Å²) < 4.78 is 66.6. The lowest BCUT2D eigenvalue weighted by Crippen LogP contribution is -2.23. The third kappa shape index (κ3) is 4.04. The number of imidazole rings is 1. The molecule has 0 bridgehead atoms. The number of hydrogen-bond donors (Lipinski definition) is 1. The van der Waals surface area contributed by atoms with Crippen molar-refractivity contribution in [1.82, 2.24) is 8.96 Å². The van der Waals surface area contributed by atoms with Crippen molar-refractivity contribution in [3.05, 3.63) is 53.6 Å². The van der Waals surface area contributed by atoms with Crippen LogP contribution in [0.5, 0.6) is 5.75 Å². The van der Waals surface area contributed by atoms with Crippen LogP contribution in [0.3, 0.4) is 0 Å². The first-order valence-electron chi connectivity index (χ1n) is 8.33. The number of aromatic nitrogens is 2. The van der Waals surface area contributed by atoms with Gasteiger partial charge in [-0.1, -0.05) is 0 Å². The summed E-state index contributed by atoms with van der Waals surface area (Å²) >= 11 is 0. The fourth-order valence-electron chi connectivity index (χ4n) is 2.67. The molecule has 11 heteroatoms. The fourth-order valence-corrected chi connectivity index (χ4v) is 3.81. The smallest absolute Gasteiger partial charge is 0.406 e. The van der Waals surface area contributed by atoms with Crippen LogP contribution in [-0.4, -0.2) is 34.8 Å². The van der Waals surface area contributed by atoms with Gasteiger partial charge in [-0.25, -0.2) is 17.4 Å². The zero-order valence-electron chi connectivity index (χ0n) is 15.3. The van der Waals surface area contributed by atoms with E-state index in [4.69, 9.17) is 5.73 Å². The van der Waals surface area contributed by atoms with Crippen molar-refractivity contribution in [2.45, 2.75) is 25.5 Å². The van der Waals surface area contributed by atoms with Crippen LogP contribution in [-0.2, 0) is 10.0 Å². The Kier molecular flexibility index (Phi) is 5.03. The van der Waals surface area contributed by atoms with Crippen LogP contribution in [0.2, 0.25) is 0 Å². The van der Waals surface area contributed by atoms with E-state index in [2.05, 4.69) is 9.72 Å². The van der Waals surface area contributed by atoms with Gasteiger partial charge in [0.25, 0.3) is 0 Å². The Morgan fingerprint density at radius 3 is 2.24 bits per heavy atom. The molecule has 0 atom stereocenters. The van der Waals surface area contributed by atoms with Gasteiger partial charge in [0.05, 0.1) is 16.3 Å². The van der Waals surface area contributed by atoms with Gasteiger partial charge in [0, 0.05) is 11.1 Å². The molecule has 0 saturated carbocycles. The number of rotatable bonds is 5. The highest BCUT2D eigenvalue weighted by Crippen LogP contribution is 2.26.